The minimum Gasteiger partial charge on any atom is -0.388 e. The van der Waals surface area contributed by atoms with E-state index in [1.807, 2.05) is 65.6 Å². The lowest BCUT2D eigenvalue weighted by molar-refractivity contribution is -0.136. The molecule has 0 radical (unpaired) electrons. The van der Waals surface area contributed by atoms with E-state index in [4.69, 9.17) is 0 Å². The lowest BCUT2D eigenvalue weighted by Gasteiger charge is -2.38. The topological polar surface area (TPSA) is 93.2 Å². The minimum absolute atomic E-state index is 0.0950. The lowest BCUT2D eigenvalue weighted by atomic mass is 9.90. The molecule has 8 heteroatoms. The van der Waals surface area contributed by atoms with Crippen LogP contribution in [0.2, 0.25) is 0 Å². The van der Waals surface area contributed by atoms with Crippen LogP contribution in [0, 0.1) is 6.92 Å². The second-order valence-corrected chi connectivity index (χ2v) is 9.83. The Morgan fingerprint density at radius 2 is 1.69 bits per heavy atom. The van der Waals surface area contributed by atoms with Gasteiger partial charge in [0.25, 0.3) is 5.56 Å². The molecule has 1 amide bonds. The number of carbonyl (C=O) groups excluding carboxylic acids is 1. The number of carbonyl (C=O) groups is 1. The standard InChI is InChI=1S/C28H31N5O3/c1-20(22-9-5-3-6-10-22)17-24(34)31-15-13-28(36,14-16-31)18-32-19-29-26-25(27(32)35)21(2)30-33(26)23-11-7-4-8-12-23/h3-12,19-20,36H,13-18H2,1-2H3/t20-/m1/s1. The number of nitrogens with zero attached hydrogens (tertiary/aromatic N) is 5. The molecule has 1 atom stereocenters. The fourth-order valence-electron chi connectivity index (χ4n) is 5.00. The van der Waals surface area contributed by atoms with E-state index in [9.17, 15) is 14.7 Å². The highest BCUT2D eigenvalue weighted by Crippen LogP contribution is 2.27. The molecular formula is C28H31N5O3. The number of rotatable bonds is 6. The summed E-state index contributed by atoms with van der Waals surface area (Å²) in [5.41, 5.74) is 1.78. The summed E-state index contributed by atoms with van der Waals surface area (Å²) in [7, 11) is 0. The average Bonchev–Trinajstić information content (AvgIpc) is 3.24. The van der Waals surface area contributed by atoms with Crippen LogP contribution < -0.4 is 5.56 Å². The second-order valence-electron chi connectivity index (χ2n) is 9.83. The maximum absolute atomic E-state index is 13.3. The molecule has 0 unspecified atom stereocenters. The van der Waals surface area contributed by atoms with Gasteiger partial charge < -0.3 is 10.0 Å². The zero-order valence-electron chi connectivity index (χ0n) is 20.7. The smallest absolute Gasteiger partial charge is 0.264 e. The molecule has 1 aliphatic rings. The Hall–Kier alpha value is -3.78. The zero-order valence-corrected chi connectivity index (χ0v) is 20.7. The first-order chi connectivity index (χ1) is 17.3. The van der Waals surface area contributed by atoms with Crippen molar-refractivity contribution in [2.24, 2.45) is 0 Å². The number of aryl methyl sites for hydroxylation is 1. The molecule has 1 fully saturated rings. The van der Waals surface area contributed by atoms with Gasteiger partial charge in [-0.25, -0.2) is 9.67 Å². The van der Waals surface area contributed by atoms with Crippen LogP contribution in [0.25, 0.3) is 16.7 Å². The van der Waals surface area contributed by atoms with E-state index in [2.05, 4.69) is 17.0 Å². The first-order valence-corrected chi connectivity index (χ1v) is 12.4. The number of aromatic nitrogens is 4. The number of aliphatic hydroxyl groups is 1. The number of hydrogen-bond acceptors (Lipinski definition) is 5. The number of para-hydroxylation sites is 1. The summed E-state index contributed by atoms with van der Waals surface area (Å²) in [6, 6.07) is 19.6. The van der Waals surface area contributed by atoms with Gasteiger partial charge in [-0.2, -0.15) is 5.10 Å². The van der Waals surface area contributed by atoms with Crippen molar-refractivity contribution < 1.29 is 9.90 Å². The summed E-state index contributed by atoms with van der Waals surface area (Å²) < 4.78 is 3.15. The molecule has 3 heterocycles. The molecule has 2 aromatic heterocycles. The van der Waals surface area contributed by atoms with Crippen LogP contribution in [0.5, 0.6) is 0 Å². The predicted molar refractivity (Wildman–Crippen MR) is 138 cm³/mol. The van der Waals surface area contributed by atoms with Crippen molar-refractivity contribution in [3.8, 4) is 5.69 Å². The molecule has 2 aromatic carbocycles. The summed E-state index contributed by atoms with van der Waals surface area (Å²) in [4.78, 5) is 32.6. The summed E-state index contributed by atoms with van der Waals surface area (Å²) in [5.74, 6) is 0.230. The van der Waals surface area contributed by atoms with Gasteiger partial charge in [0.1, 0.15) is 11.7 Å². The van der Waals surface area contributed by atoms with Crippen molar-refractivity contribution in [2.75, 3.05) is 13.1 Å². The first kappa shape index (κ1) is 23.9. The zero-order chi connectivity index (χ0) is 25.3. The molecule has 36 heavy (non-hydrogen) atoms. The van der Waals surface area contributed by atoms with Gasteiger partial charge >= 0.3 is 0 Å². The second kappa shape index (κ2) is 9.70. The first-order valence-electron chi connectivity index (χ1n) is 12.4. The van der Waals surface area contributed by atoms with Crippen molar-refractivity contribution in [2.45, 2.75) is 51.2 Å². The largest absolute Gasteiger partial charge is 0.388 e. The summed E-state index contributed by atoms with van der Waals surface area (Å²) in [6.07, 6.45) is 2.74. The van der Waals surface area contributed by atoms with Gasteiger partial charge in [0.2, 0.25) is 5.91 Å². The summed E-state index contributed by atoms with van der Waals surface area (Å²) >= 11 is 0. The van der Waals surface area contributed by atoms with Crippen molar-refractivity contribution >= 4 is 16.9 Å². The molecule has 0 saturated carbocycles. The Labute approximate surface area is 209 Å². The average molecular weight is 486 g/mol. The van der Waals surface area contributed by atoms with E-state index in [0.717, 1.165) is 11.3 Å². The van der Waals surface area contributed by atoms with Crippen LogP contribution in [0.15, 0.2) is 71.8 Å². The normalized spacial score (nSPS) is 16.2. The fraction of sp³-hybridized carbons (Fsp3) is 0.357. The third kappa shape index (κ3) is 4.68. The van der Waals surface area contributed by atoms with Gasteiger partial charge in [0.15, 0.2) is 5.65 Å². The maximum Gasteiger partial charge on any atom is 0.264 e. The Morgan fingerprint density at radius 3 is 2.36 bits per heavy atom. The van der Waals surface area contributed by atoms with Crippen LogP contribution in [-0.4, -0.2) is 53.9 Å². The molecule has 1 N–H and O–H groups in total. The van der Waals surface area contributed by atoms with Gasteiger partial charge in [-0.3, -0.25) is 14.2 Å². The Morgan fingerprint density at radius 1 is 1.06 bits per heavy atom. The Kier molecular flexibility index (Phi) is 6.45. The molecule has 4 aromatic rings. The monoisotopic (exact) mass is 485 g/mol. The number of benzene rings is 2. The molecule has 8 nitrogen and oxygen atoms in total. The van der Waals surface area contributed by atoms with E-state index in [1.165, 1.54) is 10.9 Å². The molecular weight excluding hydrogens is 454 g/mol. The highest BCUT2D eigenvalue weighted by atomic mass is 16.3. The van der Waals surface area contributed by atoms with Crippen molar-refractivity contribution in [3.05, 3.63) is 88.6 Å². The summed E-state index contributed by atoms with van der Waals surface area (Å²) in [6.45, 7) is 4.92. The third-order valence-electron chi connectivity index (χ3n) is 7.19. The fourth-order valence-corrected chi connectivity index (χ4v) is 5.00. The van der Waals surface area contributed by atoms with E-state index in [0.29, 0.717) is 49.1 Å². The molecule has 0 bridgehead atoms. The predicted octanol–water partition coefficient (Wildman–Crippen LogP) is 3.44. The molecule has 1 aliphatic heterocycles. The molecule has 0 spiro atoms. The van der Waals surface area contributed by atoms with E-state index < -0.39 is 5.60 Å². The van der Waals surface area contributed by atoms with Crippen LogP contribution >= 0.6 is 0 Å². The molecule has 0 aliphatic carbocycles. The minimum atomic E-state index is -1.08. The van der Waals surface area contributed by atoms with Crippen molar-refractivity contribution in [1.82, 2.24) is 24.2 Å². The van der Waals surface area contributed by atoms with Crippen LogP contribution in [0.1, 0.15) is 43.4 Å². The van der Waals surface area contributed by atoms with Gasteiger partial charge in [0, 0.05) is 19.5 Å². The molecule has 5 rings (SSSR count). The van der Waals surface area contributed by atoms with E-state index in [-0.39, 0.29) is 23.9 Å². The summed E-state index contributed by atoms with van der Waals surface area (Å²) in [5, 5.41) is 16.3. The number of hydrogen-bond donors (Lipinski definition) is 1. The van der Waals surface area contributed by atoms with Crippen LogP contribution in [-0.2, 0) is 11.3 Å². The SMILES string of the molecule is Cc1nn(-c2ccccc2)c2ncn(CC3(O)CCN(C(=O)C[C@@H](C)c4ccccc4)CC3)c(=O)c12. The van der Waals surface area contributed by atoms with Gasteiger partial charge in [-0.1, -0.05) is 55.5 Å². The number of fused-ring (bicyclic) bond motifs is 1. The lowest BCUT2D eigenvalue weighted by Crippen LogP contribution is -2.49. The van der Waals surface area contributed by atoms with Gasteiger partial charge in [-0.05, 0) is 43.4 Å². The van der Waals surface area contributed by atoms with Crippen LogP contribution in [0.4, 0.5) is 0 Å². The van der Waals surface area contributed by atoms with E-state index in [1.54, 1.807) is 11.6 Å². The van der Waals surface area contributed by atoms with Crippen molar-refractivity contribution in [1.29, 1.82) is 0 Å². The number of amides is 1. The van der Waals surface area contributed by atoms with Crippen LogP contribution in [0.3, 0.4) is 0 Å². The highest BCUT2D eigenvalue weighted by Gasteiger charge is 2.35. The number of piperidine rings is 1. The highest BCUT2D eigenvalue weighted by molar-refractivity contribution is 5.78. The maximum atomic E-state index is 13.3. The number of likely N-dealkylation sites (tertiary alicyclic amines) is 1. The van der Waals surface area contributed by atoms with Gasteiger partial charge in [0.05, 0.1) is 23.5 Å². The third-order valence-corrected chi connectivity index (χ3v) is 7.19. The molecule has 186 valence electrons. The Balaban J connectivity index is 1.28. The van der Waals surface area contributed by atoms with Gasteiger partial charge in [-0.15, -0.1) is 0 Å². The van der Waals surface area contributed by atoms with E-state index >= 15 is 0 Å². The quantitative estimate of drug-likeness (QED) is 0.452. The molecule has 1 saturated heterocycles. The Bertz CT molecular complexity index is 1420. The van der Waals surface area contributed by atoms with Crippen molar-refractivity contribution in [3.63, 3.8) is 0 Å².